The monoisotopic (exact) mass is 468 g/mol. The van der Waals surface area contributed by atoms with Gasteiger partial charge in [0.2, 0.25) is 0 Å². The lowest BCUT2D eigenvalue weighted by Crippen LogP contribution is -2.13. The lowest BCUT2D eigenvalue weighted by Gasteiger charge is -2.28. The average Bonchev–Trinajstić information content (AvgIpc) is 2.95. The zero-order chi connectivity index (χ0) is 24.7. The fourth-order valence-corrected chi connectivity index (χ4v) is 4.81. The van der Waals surface area contributed by atoms with Gasteiger partial charge < -0.3 is 10.2 Å². The van der Waals surface area contributed by atoms with Crippen LogP contribution in [-0.2, 0) is 12.8 Å². The number of rotatable bonds is 8. The first-order chi connectivity index (χ1) is 17.8. The van der Waals surface area contributed by atoms with Crippen molar-refractivity contribution in [2.45, 2.75) is 26.7 Å². The van der Waals surface area contributed by atoms with Gasteiger partial charge in [-0.3, -0.25) is 0 Å². The van der Waals surface area contributed by atoms with Crippen LogP contribution >= 0.6 is 0 Å². The van der Waals surface area contributed by atoms with E-state index in [2.05, 4.69) is 133 Å². The fraction of sp³-hybridized carbons (Fsp3) is 0.118. The second kappa shape index (κ2) is 11.0. The van der Waals surface area contributed by atoms with Crippen LogP contribution in [0, 0.1) is 0 Å². The SMILES string of the molecule is CCc1cccc(N(c2ccccc2)c2ccc(-c3ccc(Nc4ccccc4)cc3)cc2)c1CC. The molecule has 2 nitrogen and oxygen atoms in total. The summed E-state index contributed by atoms with van der Waals surface area (Å²) in [6.07, 6.45) is 2.04. The molecule has 0 saturated carbocycles. The summed E-state index contributed by atoms with van der Waals surface area (Å²) in [5, 5.41) is 3.46. The van der Waals surface area contributed by atoms with E-state index in [1.807, 2.05) is 18.2 Å². The van der Waals surface area contributed by atoms with E-state index in [0.717, 1.165) is 29.9 Å². The fourth-order valence-electron chi connectivity index (χ4n) is 4.81. The Kier molecular flexibility index (Phi) is 7.14. The minimum absolute atomic E-state index is 1.00. The zero-order valence-electron chi connectivity index (χ0n) is 21.0. The van der Waals surface area contributed by atoms with E-state index >= 15 is 0 Å². The molecule has 0 aliphatic carbocycles. The highest BCUT2D eigenvalue weighted by Crippen LogP contribution is 2.38. The van der Waals surface area contributed by atoms with Crippen molar-refractivity contribution in [1.82, 2.24) is 0 Å². The summed E-state index contributed by atoms with van der Waals surface area (Å²) < 4.78 is 0. The molecule has 0 aromatic heterocycles. The molecule has 0 spiro atoms. The predicted octanol–water partition coefficient (Wildman–Crippen LogP) is 9.69. The Morgan fingerprint density at radius 1 is 0.500 bits per heavy atom. The van der Waals surface area contributed by atoms with Crippen LogP contribution in [0.4, 0.5) is 28.4 Å². The predicted molar refractivity (Wildman–Crippen MR) is 155 cm³/mol. The summed E-state index contributed by atoms with van der Waals surface area (Å²) in [4.78, 5) is 2.38. The molecule has 0 amide bonds. The van der Waals surface area contributed by atoms with Gasteiger partial charge in [0.1, 0.15) is 0 Å². The van der Waals surface area contributed by atoms with Crippen LogP contribution in [0.3, 0.4) is 0 Å². The Morgan fingerprint density at radius 3 is 1.67 bits per heavy atom. The van der Waals surface area contributed by atoms with Crippen molar-refractivity contribution in [2.24, 2.45) is 0 Å². The van der Waals surface area contributed by atoms with Crippen LogP contribution < -0.4 is 10.2 Å². The highest BCUT2D eigenvalue weighted by molar-refractivity contribution is 5.80. The Balaban J connectivity index is 1.46. The highest BCUT2D eigenvalue weighted by atomic mass is 15.1. The molecule has 2 heteroatoms. The minimum Gasteiger partial charge on any atom is -0.356 e. The summed E-state index contributed by atoms with van der Waals surface area (Å²) in [7, 11) is 0. The summed E-state index contributed by atoms with van der Waals surface area (Å²) in [6.45, 7) is 4.49. The van der Waals surface area contributed by atoms with Crippen LogP contribution in [0.2, 0.25) is 0 Å². The first-order valence-electron chi connectivity index (χ1n) is 12.8. The van der Waals surface area contributed by atoms with Gasteiger partial charge in [0, 0.05) is 28.4 Å². The van der Waals surface area contributed by atoms with Gasteiger partial charge in [0.25, 0.3) is 0 Å². The minimum atomic E-state index is 1.00. The van der Waals surface area contributed by atoms with Crippen molar-refractivity contribution in [1.29, 1.82) is 0 Å². The number of para-hydroxylation sites is 2. The molecule has 5 rings (SSSR count). The van der Waals surface area contributed by atoms with Crippen molar-refractivity contribution < 1.29 is 0 Å². The van der Waals surface area contributed by atoms with Crippen LogP contribution in [0.5, 0.6) is 0 Å². The molecule has 36 heavy (non-hydrogen) atoms. The molecule has 0 aliphatic heterocycles. The van der Waals surface area contributed by atoms with E-state index < -0.39 is 0 Å². The molecule has 0 heterocycles. The number of anilines is 5. The van der Waals surface area contributed by atoms with Crippen molar-refractivity contribution >= 4 is 28.4 Å². The number of nitrogens with one attached hydrogen (secondary N) is 1. The Hall–Kier alpha value is -4.30. The van der Waals surface area contributed by atoms with Gasteiger partial charge in [0.05, 0.1) is 0 Å². The van der Waals surface area contributed by atoms with Gasteiger partial charge in [-0.1, -0.05) is 86.6 Å². The molecule has 5 aromatic rings. The van der Waals surface area contributed by atoms with Crippen LogP contribution in [0.15, 0.2) is 127 Å². The standard InChI is InChI=1S/C34H32N2/c1-3-26-12-11-17-34(33(26)4-2)36(31-15-9-6-10-16-31)32-24-20-28(21-25-32)27-18-22-30(23-19-27)35-29-13-7-5-8-14-29/h5-25,35H,3-4H2,1-2H3. The first kappa shape index (κ1) is 23.4. The van der Waals surface area contributed by atoms with E-state index in [-0.39, 0.29) is 0 Å². The topological polar surface area (TPSA) is 15.3 Å². The van der Waals surface area contributed by atoms with Gasteiger partial charge >= 0.3 is 0 Å². The van der Waals surface area contributed by atoms with Crippen LogP contribution in [0.1, 0.15) is 25.0 Å². The van der Waals surface area contributed by atoms with Gasteiger partial charge in [-0.2, -0.15) is 0 Å². The molecule has 178 valence electrons. The summed E-state index contributed by atoms with van der Waals surface area (Å²) in [6, 6.07) is 45.1. The third-order valence-electron chi connectivity index (χ3n) is 6.64. The number of aryl methyl sites for hydroxylation is 1. The molecule has 0 fully saturated rings. The lowest BCUT2D eigenvalue weighted by molar-refractivity contribution is 1.03. The Morgan fingerprint density at radius 2 is 1.06 bits per heavy atom. The Bertz CT molecular complexity index is 1390. The summed E-state index contributed by atoms with van der Waals surface area (Å²) in [5.74, 6) is 0. The van der Waals surface area contributed by atoms with Crippen molar-refractivity contribution in [3.63, 3.8) is 0 Å². The third kappa shape index (κ3) is 5.04. The molecule has 1 N–H and O–H groups in total. The highest BCUT2D eigenvalue weighted by Gasteiger charge is 2.17. The van der Waals surface area contributed by atoms with Gasteiger partial charge in [-0.05, 0) is 89.7 Å². The van der Waals surface area contributed by atoms with Gasteiger partial charge in [-0.25, -0.2) is 0 Å². The van der Waals surface area contributed by atoms with Gasteiger partial charge in [-0.15, -0.1) is 0 Å². The summed E-state index contributed by atoms with van der Waals surface area (Å²) in [5.41, 5.74) is 11.0. The molecule has 0 saturated heterocycles. The number of hydrogen-bond donors (Lipinski definition) is 1. The van der Waals surface area contributed by atoms with E-state index in [1.54, 1.807) is 0 Å². The maximum absolute atomic E-state index is 3.46. The molecule has 0 aliphatic rings. The normalized spacial score (nSPS) is 10.7. The Labute approximate surface area is 214 Å². The third-order valence-corrected chi connectivity index (χ3v) is 6.64. The number of nitrogens with zero attached hydrogens (tertiary/aromatic N) is 1. The maximum atomic E-state index is 3.46. The average molecular weight is 469 g/mol. The number of benzene rings is 5. The molecule has 0 radical (unpaired) electrons. The van der Waals surface area contributed by atoms with Crippen LogP contribution in [-0.4, -0.2) is 0 Å². The van der Waals surface area contributed by atoms with Crippen LogP contribution in [0.25, 0.3) is 11.1 Å². The molecule has 0 bridgehead atoms. The van der Waals surface area contributed by atoms with Crippen molar-refractivity contribution in [3.05, 3.63) is 139 Å². The number of hydrogen-bond acceptors (Lipinski definition) is 2. The molecule has 5 aromatic carbocycles. The second-order valence-corrected chi connectivity index (χ2v) is 8.91. The van der Waals surface area contributed by atoms with E-state index in [9.17, 15) is 0 Å². The van der Waals surface area contributed by atoms with E-state index in [0.29, 0.717) is 0 Å². The maximum Gasteiger partial charge on any atom is 0.0496 e. The van der Waals surface area contributed by atoms with Gasteiger partial charge in [0.15, 0.2) is 0 Å². The zero-order valence-corrected chi connectivity index (χ0v) is 21.0. The van der Waals surface area contributed by atoms with Crippen molar-refractivity contribution in [3.8, 4) is 11.1 Å². The lowest BCUT2D eigenvalue weighted by atomic mass is 9.99. The smallest absolute Gasteiger partial charge is 0.0496 e. The molecular formula is C34H32N2. The second-order valence-electron chi connectivity index (χ2n) is 8.91. The largest absolute Gasteiger partial charge is 0.356 e. The summed E-state index contributed by atoms with van der Waals surface area (Å²) >= 11 is 0. The first-order valence-corrected chi connectivity index (χ1v) is 12.8. The quantitative estimate of drug-likeness (QED) is 0.244. The molecular weight excluding hydrogens is 436 g/mol. The van der Waals surface area contributed by atoms with Crippen molar-refractivity contribution in [2.75, 3.05) is 10.2 Å². The van der Waals surface area contributed by atoms with E-state index in [1.165, 1.54) is 33.6 Å². The molecule has 0 atom stereocenters. The van der Waals surface area contributed by atoms with E-state index in [4.69, 9.17) is 0 Å². The molecule has 0 unspecified atom stereocenters.